The molecule has 4 heteroatoms. The highest BCUT2D eigenvalue weighted by molar-refractivity contribution is 5.87. The molecule has 4 nitrogen and oxygen atoms in total. The minimum absolute atomic E-state index is 0.0643. The molecule has 0 atom stereocenters. The van der Waals surface area contributed by atoms with Gasteiger partial charge in [0.1, 0.15) is 0 Å². The Morgan fingerprint density at radius 3 is 2.71 bits per heavy atom. The van der Waals surface area contributed by atoms with Crippen molar-refractivity contribution in [2.24, 2.45) is 0 Å². The monoisotopic (exact) mass is 236 g/mol. The molecule has 0 amide bonds. The van der Waals surface area contributed by atoms with Crippen molar-refractivity contribution in [2.45, 2.75) is 20.0 Å². The lowest BCUT2D eigenvalue weighted by Crippen LogP contribution is -2.08. The van der Waals surface area contributed by atoms with Crippen LogP contribution in [0.25, 0.3) is 6.08 Å². The van der Waals surface area contributed by atoms with Gasteiger partial charge >= 0.3 is 5.97 Å². The molecule has 0 saturated heterocycles. The van der Waals surface area contributed by atoms with Crippen molar-refractivity contribution in [1.82, 2.24) is 0 Å². The summed E-state index contributed by atoms with van der Waals surface area (Å²) in [6.45, 7) is 3.57. The van der Waals surface area contributed by atoms with Gasteiger partial charge in [-0.05, 0) is 37.6 Å². The van der Waals surface area contributed by atoms with Crippen molar-refractivity contribution in [3.63, 3.8) is 0 Å². The smallest absolute Gasteiger partial charge is 0.331 e. The van der Waals surface area contributed by atoms with Crippen LogP contribution in [0.15, 0.2) is 24.3 Å². The summed E-state index contributed by atoms with van der Waals surface area (Å²) in [5.74, 6) is 0.0332. The van der Waals surface area contributed by atoms with E-state index >= 15 is 0 Å². The van der Waals surface area contributed by atoms with Gasteiger partial charge in [-0.25, -0.2) is 4.79 Å². The lowest BCUT2D eigenvalue weighted by molar-refractivity contribution is -0.141. The molecular weight excluding hydrogens is 220 g/mol. The number of rotatable bonds is 4. The van der Waals surface area contributed by atoms with Crippen molar-refractivity contribution in [1.29, 1.82) is 0 Å². The van der Waals surface area contributed by atoms with Crippen molar-refractivity contribution in [2.75, 3.05) is 7.11 Å². The van der Waals surface area contributed by atoms with Crippen LogP contribution < -0.4 is 4.74 Å². The van der Waals surface area contributed by atoms with Gasteiger partial charge < -0.3 is 14.6 Å². The van der Waals surface area contributed by atoms with Crippen LogP contribution in [-0.2, 0) is 9.53 Å². The lowest BCUT2D eigenvalue weighted by atomic mass is 10.2. The number of benzene rings is 1. The number of hydrogen-bond acceptors (Lipinski definition) is 4. The molecule has 0 fully saturated rings. The van der Waals surface area contributed by atoms with Gasteiger partial charge in [-0.2, -0.15) is 0 Å². The molecule has 0 saturated carbocycles. The van der Waals surface area contributed by atoms with Crippen molar-refractivity contribution in [3.05, 3.63) is 29.8 Å². The van der Waals surface area contributed by atoms with Gasteiger partial charge in [0.25, 0.3) is 0 Å². The average molecular weight is 236 g/mol. The fraction of sp³-hybridized carbons (Fsp3) is 0.308. The number of hydrogen-bond donors (Lipinski definition) is 1. The first-order valence-corrected chi connectivity index (χ1v) is 5.28. The van der Waals surface area contributed by atoms with Crippen LogP contribution in [0.2, 0.25) is 0 Å². The minimum atomic E-state index is -0.396. The van der Waals surface area contributed by atoms with E-state index < -0.39 is 5.97 Å². The SMILES string of the molecule is COc1cc(C=CC(=O)OC(C)C)ccc1O. The highest BCUT2D eigenvalue weighted by Crippen LogP contribution is 2.26. The average Bonchev–Trinajstić information content (AvgIpc) is 2.27. The van der Waals surface area contributed by atoms with Crippen molar-refractivity contribution < 1.29 is 19.4 Å². The zero-order chi connectivity index (χ0) is 12.8. The van der Waals surface area contributed by atoms with Gasteiger partial charge in [0.05, 0.1) is 13.2 Å². The Morgan fingerprint density at radius 1 is 1.41 bits per heavy atom. The van der Waals surface area contributed by atoms with Crippen molar-refractivity contribution in [3.8, 4) is 11.5 Å². The molecule has 0 radical (unpaired) electrons. The van der Waals surface area contributed by atoms with E-state index in [1.807, 2.05) is 0 Å². The Morgan fingerprint density at radius 2 is 2.12 bits per heavy atom. The highest BCUT2D eigenvalue weighted by Gasteiger charge is 2.02. The van der Waals surface area contributed by atoms with Gasteiger partial charge in [-0.3, -0.25) is 0 Å². The maximum absolute atomic E-state index is 11.3. The number of carbonyl (C=O) groups excluding carboxylic acids is 1. The molecule has 0 aliphatic heterocycles. The molecule has 0 unspecified atom stereocenters. The highest BCUT2D eigenvalue weighted by atomic mass is 16.5. The lowest BCUT2D eigenvalue weighted by Gasteiger charge is -2.05. The van der Waals surface area contributed by atoms with E-state index in [1.165, 1.54) is 19.3 Å². The Kier molecular flexibility index (Phi) is 4.57. The molecular formula is C13H16O4. The topological polar surface area (TPSA) is 55.8 Å². The second kappa shape index (κ2) is 5.94. The molecule has 0 aromatic heterocycles. The summed E-state index contributed by atoms with van der Waals surface area (Å²) in [6.07, 6.45) is 2.81. The van der Waals surface area contributed by atoms with Gasteiger partial charge in [0, 0.05) is 6.08 Å². The van der Waals surface area contributed by atoms with Crippen LogP contribution in [0.3, 0.4) is 0 Å². The van der Waals surface area contributed by atoms with E-state index in [-0.39, 0.29) is 11.9 Å². The zero-order valence-electron chi connectivity index (χ0n) is 10.1. The first-order chi connectivity index (χ1) is 8.02. The van der Waals surface area contributed by atoms with Crippen LogP contribution in [0, 0.1) is 0 Å². The van der Waals surface area contributed by atoms with Gasteiger partial charge in [-0.1, -0.05) is 6.07 Å². The summed E-state index contributed by atoms with van der Waals surface area (Å²) in [4.78, 5) is 11.3. The summed E-state index contributed by atoms with van der Waals surface area (Å²) in [5, 5.41) is 9.39. The fourth-order valence-electron chi connectivity index (χ4n) is 1.23. The minimum Gasteiger partial charge on any atom is -0.504 e. The van der Waals surface area contributed by atoms with Crippen LogP contribution in [-0.4, -0.2) is 24.3 Å². The van der Waals surface area contributed by atoms with Crippen LogP contribution >= 0.6 is 0 Å². The Hall–Kier alpha value is -1.97. The predicted octanol–water partition coefficient (Wildman–Crippen LogP) is 2.37. The molecule has 17 heavy (non-hydrogen) atoms. The van der Waals surface area contributed by atoms with E-state index in [9.17, 15) is 9.90 Å². The molecule has 92 valence electrons. The fourth-order valence-corrected chi connectivity index (χ4v) is 1.23. The first-order valence-electron chi connectivity index (χ1n) is 5.28. The summed E-state index contributed by atoms with van der Waals surface area (Å²) in [7, 11) is 1.47. The maximum atomic E-state index is 11.3. The first kappa shape index (κ1) is 13.1. The standard InChI is InChI=1S/C13H16O4/c1-9(2)17-13(15)7-5-10-4-6-11(14)12(8-10)16-3/h4-9,14H,1-3H3. The van der Waals surface area contributed by atoms with Crippen molar-refractivity contribution >= 4 is 12.0 Å². The van der Waals surface area contributed by atoms with Crippen LogP contribution in [0.5, 0.6) is 11.5 Å². The number of methoxy groups -OCH3 is 1. The van der Waals surface area contributed by atoms with E-state index in [2.05, 4.69) is 0 Å². The Balaban J connectivity index is 2.74. The molecule has 1 rings (SSSR count). The summed E-state index contributed by atoms with van der Waals surface area (Å²) in [5.41, 5.74) is 0.750. The quantitative estimate of drug-likeness (QED) is 0.644. The Bertz CT molecular complexity index is 421. The zero-order valence-corrected chi connectivity index (χ0v) is 10.1. The van der Waals surface area contributed by atoms with E-state index in [1.54, 1.807) is 32.1 Å². The molecule has 0 aliphatic carbocycles. The van der Waals surface area contributed by atoms with E-state index in [0.717, 1.165) is 5.56 Å². The Labute approximate surface area is 100 Å². The number of phenolic OH excluding ortho intramolecular Hbond substituents is 1. The number of aromatic hydroxyl groups is 1. The second-order valence-electron chi connectivity index (χ2n) is 3.75. The molecule has 0 heterocycles. The molecule has 0 bridgehead atoms. The predicted molar refractivity (Wildman–Crippen MR) is 64.9 cm³/mol. The summed E-state index contributed by atoms with van der Waals surface area (Å²) in [6, 6.07) is 4.82. The van der Waals surface area contributed by atoms with Gasteiger partial charge in [0.2, 0.25) is 0 Å². The van der Waals surface area contributed by atoms with Gasteiger partial charge in [0.15, 0.2) is 11.5 Å². The van der Waals surface area contributed by atoms with Gasteiger partial charge in [-0.15, -0.1) is 0 Å². The molecule has 0 aliphatic rings. The van der Waals surface area contributed by atoms with Crippen LogP contribution in [0.4, 0.5) is 0 Å². The van der Waals surface area contributed by atoms with Crippen LogP contribution in [0.1, 0.15) is 19.4 Å². The molecule has 1 N–H and O–H groups in total. The second-order valence-corrected chi connectivity index (χ2v) is 3.75. The third-order valence-electron chi connectivity index (χ3n) is 1.97. The third kappa shape index (κ3) is 4.18. The number of carbonyl (C=O) groups is 1. The van der Waals surface area contributed by atoms with E-state index in [4.69, 9.17) is 9.47 Å². The molecule has 0 spiro atoms. The molecule has 1 aromatic carbocycles. The maximum Gasteiger partial charge on any atom is 0.331 e. The third-order valence-corrected chi connectivity index (χ3v) is 1.97. The molecule has 1 aromatic rings. The summed E-state index contributed by atoms with van der Waals surface area (Å²) < 4.78 is 9.90. The number of esters is 1. The van der Waals surface area contributed by atoms with E-state index in [0.29, 0.717) is 5.75 Å². The normalized spacial score (nSPS) is 10.8. The summed E-state index contributed by atoms with van der Waals surface area (Å²) >= 11 is 0. The number of phenols is 1. The number of ether oxygens (including phenoxy) is 2. The largest absolute Gasteiger partial charge is 0.504 e.